The van der Waals surface area contributed by atoms with Gasteiger partial charge >= 0.3 is 0 Å². The number of aromatic nitrogens is 2. The molecule has 9 heteroatoms. The largest absolute Gasteiger partial charge is 0.494 e. The van der Waals surface area contributed by atoms with Gasteiger partial charge in [0.1, 0.15) is 5.75 Å². The second-order valence-corrected chi connectivity index (χ2v) is 8.84. The molecule has 0 radical (unpaired) electrons. The number of carbonyl (C=O) groups excluding carboxylic acids is 1. The summed E-state index contributed by atoms with van der Waals surface area (Å²) in [5.41, 5.74) is 0. The molecule has 2 aromatic heterocycles. The number of nitrogens with zero attached hydrogens (tertiary/aromatic N) is 4. The van der Waals surface area contributed by atoms with Gasteiger partial charge in [0.25, 0.3) is 0 Å². The Hall–Kier alpha value is -2.36. The quantitative estimate of drug-likeness (QED) is 0.491. The predicted octanol–water partition coefficient (Wildman–Crippen LogP) is 3.63. The van der Waals surface area contributed by atoms with E-state index >= 15 is 0 Å². The highest BCUT2D eigenvalue weighted by Crippen LogP contribution is 2.23. The molecule has 4 rings (SSSR count). The Kier molecular flexibility index (Phi) is 7.03. The molecule has 0 atom stereocenters. The van der Waals surface area contributed by atoms with Crippen molar-refractivity contribution in [1.29, 1.82) is 0 Å². The van der Waals surface area contributed by atoms with E-state index in [1.54, 1.807) is 23.1 Å². The summed E-state index contributed by atoms with van der Waals surface area (Å²) < 4.78 is 10.8. The minimum Gasteiger partial charge on any atom is -0.494 e. The van der Waals surface area contributed by atoms with Gasteiger partial charge in [0, 0.05) is 31.1 Å². The number of ether oxygens (including phenoxy) is 1. The Balaban J connectivity index is 1.21. The van der Waals surface area contributed by atoms with Gasteiger partial charge in [-0.05, 0) is 42.6 Å². The number of rotatable bonds is 8. The Bertz CT molecular complexity index is 936. The van der Waals surface area contributed by atoms with Gasteiger partial charge in [-0.25, -0.2) is 0 Å². The summed E-state index contributed by atoms with van der Waals surface area (Å²) in [7, 11) is 0. The fraction of sp³-hybridized carbons (Fsp3) is 0.381. The lowest BCUT2D eigenvalue weighted by molar-refractivity contribution is -0.130. The summed E-state index contributed by atoms with van der Waals surface area (Å²) in [6.45, 7) is 6.27. The van der Waals surface area contributed by atoms with Gasteiger partial charge in [0.05, 0.1) is 23.8 Å². The average Bonchev–Trinajstić information content (AvgIpc) is 3.46. The van der Waals surface area contributed by atoms with Crippen molar-refractivity contribution >= 4 is 29.0 Å². The van der Waals surface area contributed by atoms with Crippen LogP contribution >= 0.6 is 23.1 Å². The predicted molar refractivity (Wildman–Crippen MR) is 118 cm³/mol. The number of amides is 1. The average molecular weight is 445 g/mol. The van der Waals surface area contributed by atoms with Crippen LogP contribution < -0.4 is 4.74 Å². The van der Waals surface area contributed by atoms with Crippen LogP contribution in [0.5, 0.6) is 5.75 Å². The van der Waals surface area contributed by atoms with Crippen LogP contribution in [0.2, 0.25) is 0 Å². The summed E-state index contributed by atoms with van der Waals surface area (Å²) in [4.78, 5) is 23.3. The Morgan fingerprint density at radius 3 is 2.70 bits per heavy atom. The molecule has 3 aromatic rings. The van der Waals surface area contributed by atoms with Crippen LogP contribution in [0.25, 0.3) is 10.7 Å². The fourth-order valence-electron chi connectivity index (χ4n) is 3.21. The van der Waals surface area contributed by atoms with Crippen LogP contribution in [0, 0.1) is 0 Å². The van der Waals surface area contributed by atoms with E-state index in [1.165, 1.54) is 0 Å². The molecular weight excluding hydrogens is 420 g/mol. The van der Waals surface area contributed by atoms with E-state index in [-0.39, 0.29) is 5.91 Å². The third-order valence-electron chi connectivity index (χ3n) is 4.79. The minimum absolute atomic E-state index is 0.173. The highest BCUT2D eigenvalue weighted by molar-refractivity contribution is 8.00. The van der Waals surface area contributed by atoms with Crippen molar-refractivity contribution in [1.82, 2.24) is 19.9 Å². The number of piperazine rings is 1. The Labute approximate surface area is 184 Å². The van der Waals surface area contributed by atoms with E-state index in [0.29, 0.717) is 43.7 Å². The van der Waals surface area contributed by atoms with E-state index in [2.05, 4.69) is 15.0 Å². The number of thiophene rings is 1. The van der Waals surface area contributed by atoms with Crippen LogP contribution in [0.3, 0.4) is 0 Å². The van der Waals surface area contributed by atoms with Gasteiger partial charge in [-0.15, -0.1) is 23.1 Å². The van der Waals surface area contributed by atoms with Crippen molar-refractivity contribution in [3.8, 4) is 16.5 Å². The molecule has 1 aromatic carbocycles. The SMILES string of the molecule is CCOc1ccc(SCC(=O)N2CCN(Cc3nc(-c4cccs4)no3)CC2)cc1. The first kappa shape index (κ1) is 20.9. The van der Waals surface area contributed by atoms with Gasteiger partial charge in [-0.2, -0.15) is 4.98 Å². The molecule has 1 amide bonds. The van der Waals surface area contributed by atoms with E-state index in [4.69, 9.17) is 9.26 Å². The highest BCUT2D eigenvalue weighted by atomic mass is 32.2. The van der Waals surface area contributed by atoms with Crippen LogP contribution in [0.1, 0.15) is 12.8 Å². The van der Waals surface area contributed by atoms with Crippen molar-refractivity contribution in [3.63, 3.8) is 0 Å². The standard InChI is InChI=1S/C21H24N4O3S2/c1-2-27-16-5-7-17(8-6-16)30-15-20(26)25-11-9-24(10-12-25)14-19-22-21(23-28-19)18-4-3-13-29-18/h3-8,13H,2,9-12,14-15H2,1H3. The summed E-state index contributed by atoms with van der Waals surface area (Å²) in [5.74, 6) is 2.73. The normalized spacial score (nSPS) is 14.8. The third kappa shape index (κ3) is 5.41. The van der Waals surface area contributed by atoms with E-state index < -0.39 is 0 Å². The number of hydrogen-bond donors (Lipinski definition) is 0. The second-order valence-electron chi connectivity index (χ2n) is 6.84. The molecule has 0 aliphatic carbocycles. The summed E-state index contributed by atoms with van der Waals surface area (Å²) >= 11 is 3.15. The monoisotopic (exact) mass is 444 g/mol. The van der Waals surface area contributed by atoms with Crippen LogP contribution in [-0.4, -0.2) is 64.4 Å². The van der Waals surface area contributed by atoms with Crippen molar-refractivity contribution in [2.45, 2.75) is 18.4 Å². The molecule has 0 spiro atoms. The smallest absolute Gasteiger partial charge is 0.241 e. The van der Waals surface area contributed by atoms with Crippen molar-refractivity contribution in [3.05, 3.63) is 47.7 Å². The maximum absolute atomic E-state index is 12.6. The van der Waals surface area contributed by atoms with Gasteiger partial charge in [-0.3, -0.25) is 9.69 Å². The molecule has 3 heterocycles. The number of benzene rings is 1. The first-order valence-electron chi connectivity index (χ1n) is 9.93. The molecule has 0 bridgehead atoms. The molecule has 1 fully saturated rings. The number of carbonyl (C=O) groups is 1. The molecule has 158 valence electrons. The second kappa shape index (κ2) is 10.1. The summed E-state index contributed by atoms with van der Waals surface area (Å²) in [6.07, 6.45) is 0. The maximum Gasteiger partial charge on any atom is 0.241 e. The first-order chi connectivity index (χ1) is 14.7. The van der Waals surface area contributed by atoms with Gasteiger partial charge < -0.3 is 14.2 Å². The molecule has 7 nitrogen and oxygen atoms in total. The lowest BCUT2D eigenvalue weighted by Crippen LogP contribution is -2.48. The van der Waals surface area contributed by atoms with E-state index in [0.717, 1.165) is 28.6 Å². The van der Waals surface area contributed by atoms with Crippen molar-refractivity contribution in [2.75, 3.05) is 38.5 Å². The number of hydrogen-bond acceptors (Lipinski definition) is 8. The van der Waals surface area contributed by atoms with Gasteiger partial charge in [0.2, 0.25) is 17.6 Å². The molecule has 1 aliphatic rings. The third-order valence-corrected chi connectivity index (χ3v) is 6.65. The molecule has 1 saturated heterocycles. The van der Waals surface area contributed by atoms with Crippen LogP contribution in [0.15, 0.2) is 51.2 Å². The van der Waals surface area contributed by atoms with Gasteiger partial charge in [0.15, 0.2) is 0 Å². The Morgan fingerprint density at radius 1 is 1.20 bits per heavy atom. The maximum atomic E-state index is 12.6. The molecule has 1 aliphatic heterocycles. The zero-order chi connectivity index (χ0) is 20.8. The molecule has 0 N–H and O–H groups in total. The Morgan fingerprint density at radius 2 is 2.00 bits per heavy atom. The fourth-order valence-corrected chi connectivity index (χ4v) is 4.66. The van der Waals surface area contributed by atoms with Crippen LogP contribution in [-0.2, 0) is 11.3 Å². The number of thioether (sulfide) groups is 1. The molecule has 30 heavy (non-hydrogen) atoms. The lowest BCUT2D eigenvalue weighted by Gasteiger charge is -2.33. The molecular formula is C21H24N4O3S2. The van der Waals surface area contributed by atoms with Crippen molar-refractivity contribution < 1.29 is 14.1 Å². The van der Waals surface area contributed by atoms with Crippen LogP contribution in [0.4, 0.5) is 0 Å². The zero-order valence-corrected chi connectivity index (χ0v) is 18.5. The van der Waals surface area contributed by atoms with E-state index in [1.807, 2.05) is 53.6 Å². The zero-order valence-electron chi connectivity index (χ0n) is 16.8. The highest BCUT2D eigenvalue weighted by Gasteiger charge is 2.22. The lowest BCUT2D eigenvalue weighted by atomic mass is 10.3. The van der Waals surface area contributed by atoms with E-state index in [9.17, 15) is 4.79 Å². The van der Waals surface area contributed by atoms with Crippen molar-refractivity contribution in [2.24, 2.45) is 0 Å². The minimum atomic E-state index is 0.173. The summed E-state index contributed by atoms with van der Waals surface area (Å²) in [6, 6.07) is 11.8. The first-order valence-corrected chi connectivity index (χ1v) is 11.8. The summed E-state index contributed by atoms with van der Waals surface area (Å²) in [5, 5.41) is 6.05. The van der Waals surface area contributed by atoms with Gasteiger partial charge in [-0.1, -0.05) is 11.2 Å². The topological polar surface area (TPSA) is 71.7 Å². The molecule has 0 unspecified atom stereocenters. The molecule has 0 saturated carbocycles.